The van der Waals surface area contributed by atoms with E-state index in [0.29, 0.717) is 64.2 Å². The number of nitrogens with one attached hydrogen (secondary N) is 2. The van der Waals surface area contributed by atoms with Gasteiger partial charge in [-0.25, -0.2) is 9.59 Å². The molecule has 14 heteroatoms. The number of likely N-dealkylation sites (N-methyl/N-ethyl adjacent to an activating group) is 4. The van der Waals surface area contributed by atoms with Gasteiger partial charge in [0.25, 0.3) is 11.8 Å². The van der Waals surface area contributed by atoms with Crippen molar-refractivity contribution in [3.63, 3.8) is 0 Å². The summed E-state index contributed by atoms with van der Waals surface area (Å²) in [6, 6.07) is 32.0. The summed E-state index contributed by atoms with van der Waals surface area (Å²) in [6.45, 7) is 21.5. The highest BCUT2D eigenvalue weighted by Crippen LogP contribution is 2.44. The second-order valence-electron chi connectivity index (χ2n) is 21.6. The molecule has 0 radical (unpaired) electrons. The third-order valence-electron chi connectivity index (χ3n) is 13.8. The second kappa shape index (κ2) is 23.7. The summed E-state index contributed by atoms with van der Waals surface area (Å²) < 4.78 is 24.1. The highest BCUT2D eigenvalue weighted by atomic mass is 16.6. The highest BCUT2D eigenvalue weighted by Gasteiger charge is 2.41. The van der Waals surface area contributed by atoms with E-state index >= 15 is 0 Å². The van der Waals surface area contributed by atoms with Crippen LogP contribution in [0.2, 0.25) is 0 Å². The van der Waals surface area contributed by atoms with Gasteiger partial charge >= 0.3 is 12.2 Å². The summed E-state index contributed by atoms with van der Waals surface area (Å²) in [5, 5.41) is 6.54. The molecule has 4 aromatic carbocycles. The Hall–Kier alpha value is -6.64. The summed E-state index contributed by atoms with van der Waals surface area (Å²) >= 11 is 0. The molecule has 2 N–H and O–H groups in total. The van der Waals surface area contributed by atoms with Crippen molar-refractivity contribution in [2.45, 2.75) is 103 Å². The zero-order valence-corrected chi connectivity index (χ0v) is 45.3. The summed E-state index contributed by atoms with van der Waals surface area (Å²) in [5.41, 5.74) is 5.84. The van der Waals surface area contributed by atoms with Crippen molar-refractivity contribution < 1.29 is 38.1 Å². The first-order valence-corrected chi connectivity index (χ1v) is 26.3. The van der Waals surface area contributed by atoms with E-state index < -0.39 is 22.9 Å². The predicted octanol–water partition coefficient (Wildman–Crippen LogP) is 9.92. The molecule has 0 aliphatic carbocycles. The van der Waals surface area contributed by atoms with Gasteiger partial charge in [0.05, 0.1) is 0 Å². The van der Waals surface area contributed by atoms with Gasteiger partial charge in [0.1, 0.15) is 33.9 Å². The first-order valence-electron chi connectivity index (χ1n) is 26.3. The van der Waals surface area contributed by atoms with E-state index in [1.165, 1.54) is 10.5 Å². The SMILES string of the molecule is CCN(CCN(C)C(=O)OC(C)(C)C)C(=O)c1ccc(C2=CC3(CCN(C(=O)OC(C)(C)C)CC3)Oc3ccccc32)cc1.CCN(CCNC)C(=O)c1ccc(C2=CC3(CCNCC3)Oc3ccccc32)cc1. The number of amides is 4. The zero-order chi connectivity index (χ0) is 53.3. The first kappa shape index (κ1) is 55.1. The molecule has 0 bridgehead atoms. The maximum Gasteiger partial charge on any atom is 0.410 e. The quantitative estimate of drug-likeness (QED) is 0.141. The van der Waals surface area contributed by atoms with Crippen molar-refractivity contribution in [2.24, 2.45) is 0 Å². The third-order valence-corrected chi connectivity index (χ3v) is 13.8. The maximum absolute atomic E-state index is 13.4. The van der Waals surface area contributed by atoms with Crippen LogP contribution in [0.15, 0.2) is 109 Å². The van der Waals surface area contributed by atoms with Crippen LogP contribution in [0.4, 0.5) is 9.59 Å². The van der Waals surface area contributed by atoms with E-state index in [2.05, 4.69) is 53.1 Å². The lowest BCUT2D eigenvalue weighted by atomic mass is 9.83. The Morgan fingerprint density at radius 1 is 0.622 bits per heavy atom. The minimum Gasteiger partial charge on any atom is -0.482 e. The van der Waals surface area contributed by atoms with Gasteiger partial charge in [-0.3, -0.25) is 9.59 Å². The summed E-state index contributed by atoms with van der Waals surface area (Å²) in [6.07, 6.45) is 6.97. The van der Waals surface area contributed by atoms with Crippen LogP contribution in [0.25, 0.3) is 11.1 Å². The molecule has 2 saturated heterocycles. The van der Waals surface area contributed by atoms with Crippen LogP contribution in [-0.4, -0.2) is 146 Å². The number of benzene rings is 4. The number of fused-ring (bicyclic) bond motifs is 2. The molecule has 396 valence electrons. The molecule has 0 atom stereocenters. The van der Waals surface area contributed by atoms with Gasteiger partial charge < -0.3 is 49.2 Å². The van der Waals surface area contributed by atoms with E-state index in [0.717, 1.165) is 77.4 Å². The molecule has 8 rings (SSSR count). The molecule has 4 aliphatic heterocycles. The van der Waals surface area contributed by atoms with Crippen LogP contribution < -0.4 is 20.1 Å². The van der Waals surface area contributed by atoms with Crippen molar-refractivity contribution in [3.05, 3.63) is 143 Å². The molecular weight excluding hydrogens is 933 g/mol. The van der Waals surface area contributed by atoms with Crippen LogP contribution in [-0.2, 0) is 9.47 Å². The Morgan fingerprint density at radius 3 is 1.51 bits per heavy atom. The molecule has 0 saturated carbocycles. The fourth-order valence-electron chi connectivity index (χ4n) is 9.65. The summed E-state index contributed by atoms with van der Waals surface area (Å²) in [5.74, 6) is 1.74. The van der Waals surface area contributed by atoms with Gasteiger partial charge in [-0.2, -0.15) is 0 Å². The minimum absolute atomic E-state index is 0.0792. The molecule has 4 aromatic rings. The van der Waals surface area contributed by atoms with E-state index in [9.17, 15) is 19.2 Å². The average Bonchev–Trinajstić information content (AvgIpc) is 3.38. The van der Waals surface area contributed by atoms with Gasteiger partial charge in [-0.05, 0) is 146 Å². The number of hydrogen-bond acceptors (Lipinski definition) is 10. The second-order valence-corrected chi connectivity index (χ2v) is 21.6. The number of carbonyl (C=O) groups excluding carboxylic acids is 4. The van der Waals surface area contributed by atoms with Crippen LogP contribution in [0, 0.1) is 0 Å². The summed E-state index contributed by atoms with van der Waals surface area (Å²) in [4.78, 5) is 58.1. The smallest absolute Gasteiger partial charge is 0.410 e. The molecule has 2 spiro atoms. The normalized spacial score (nSPS) is 16.4. The molecule has 14 nitrogen and oxygen atoms in total. The molecule has 4 amide bonds. The number of para-hydroxylation sites is 2. The monoisotopic (exact) mass is 1010 g/mol. The fraction of sp³-hybridized carbons (Fsp3) is 0.467. The number of nitrogens with zero attached hydrogens (tertiary/aromatic N) is 4. The Morgan fingerprint density at radius 2 is 1.07 bits per heavy atom. The summed E-state index contributed by atoms with van der Waals surface area (Å²) in [7, 11) is 3.58. The van der Waals surface area contributed by atoms with Crippen molar-refractivity contribution in [3.8, 4) is 11.5 Å². The van der Waals surface area contributed by atoms with Crippen LogP contribution in [0.3, 0.4) is 0 Å². The molecule has 0 aromatic heterocycles. The Balaban J connectivity index is 0.000000232. The minimum atomic E-state index is -0.579. The Bertz CT molecular complexity index is 2650. The lowest BCUT2D eigenvalue weighted by molar-refractivity contribution is -0.00122. The largest absolute Gasteiger partial charge is 0.482 e. The molecule has 4 heterocycles. The van der Waals surface area contributed by atoms with Crippen molar-refractivity contribution in [1.82, 2.24) is 30.2 Å². The standard InChI is InChI=1S/C35H47N3O6.C25H31N3O2/c1-9-37(23-22-36(8)31(40)43-33(2,3)4)30(39)26-16-14-25(15-17-26)28-24-35(42-29-13-11-10-12-27(28)29)18-20-38(21-19-35)32(41)44-34(5,6)7;1-3-28(17-16-26-2)24(29)20-10-8-19(9-11-20)22-18-25(12-14-27-15-13-25)30-23-7-5-4-6-21(22)23/h10-17,24H,9,18-23H2,1-8H3;4-11,18,26-27H,3,12-17H2,1-2H3. The Labute approximate surface area is 439 Å². The number of piperidine rings is 2. The van der Waals surface area contributed by atoms with Gasteiger partial charge in [0, 0.05) is 107 Å². The Kier molecular flexibility index (Phi) is 17.7. The molecular formula is C60H78N6O8. The maximum atomic E-state index is 13.4. The number of hydrogen-bond donors (Lipinski definition) is 2. The van der Waals surface area contributed by atoms with Crippen molar-refractivity contribution >= 4 is 35.1 Å². The van der Waals surface area contributed by atoms with E-state index in [1.54, 1.807) is 16.8 Å². The van der Waals surface area contributed by atoms with Gasteiger partial charge in [0.2, 0.25) is 0 Å². The third kappa shape index (κ3) is 13.7. The predicted molar refractivity (Wildman–Crippen MR) is 292 cm³/mol. The lowest BCUT2D eigenvalue weighted by Crippen LogP contribution is -2.50. The number of likely N-dealkylation sites (tertiary alicyclic amines) is 1. The number of rotatable bonds is 12. The van der Waals surface area contributed by atoms with Crippen molar-refractivity contribution in [2.75, 3.05) is 79.5 Å². The molecule has 0 unspecified atom stereocenters. The lowest BCUT2D eigenvalue weighted by Gasteiger charge is -2.43. The zero-order valence-electron chi connectivity index (χ0n) is 45.3. The van der Waals surface area contributed by atoms with Crippen LogP contribution in [0.5, 0.6) is 11.5 Å². The van der Waals surface area contributed by atoms with Gasteiger partial charge in [-0.15, -0.1) is 0 Å². The van der Waals surface area contributed by atoms with Gasteiger partial charge in [-0.1, -0.05) is 60.7 Å². The van der Waals surface area contributed by atoms with Crippen LogP contribution >= 0.6 is 0 Å². The molecule has 74 heavy (non-hydrogen) atoms. The van der Waals surface area contributed by atoms with Gasteiger partial charge in [0.15, 0.2) is 0 Å². The first-order chi connectivity index (χ1) is 35.2. The fourth-order valence-corrected chi connectivity index (χ4v) is 9.65. The average molecular weight is 1010 g/mol. The van der Waals surface area contributed by atoms with E-state index in [-0.39, 0.29) is 23.5 Å². The topological polar surface area (TPSA) is 142 Å². The van der Waals surface area contributed by atoms with E-state index in [1.807, 2.05) is 134 Å². The van der Waals surface area contributed by atoms with Crippen LogP contribution in [0.1, 0.15) is 124 Å². The van der Waals surface area contributed by atoms with Crippen molar-refractivity contribution in [1.29, 1.82) is 0 Å². The number of carbonyl (C=O) groups is 4. The number of ether oxygens (including phenoxy) is 4. The van der Waals surface area contributed by atoms with E-state index in [4.69, 9.17) is 18.9 Å². The molecule has 2 fully saturated rings. The highest BCUT2D eigenvalue weighted by molar-refractivity contribution is 5.96. The molecule has 4 aliphatic rings.